The number of nitrogens with one attached hydrogen (secondary N) is 1. The van der Waals surface area contributed by atoms with E-state index in [4.69, 9.17) is 4.74 Å². The van der Waals surface area contributed by atoms with E-state index >= 15 is 0 Å². The molecule has 1 aromatic carbocycles. The molecule has 0 aliphatic heterocycles. The van der Waals surface area contributed by atoms with E-state index in [0.717, 1.165) is 31.4 Å². The number of carbonyl (C=O) groups is 1. The zero-order valence-corrected chi connectivity index (χ0v) is 11.3. The van der Waals surface area contributed by atoms with Crippen molar-refractivity contribution in [2.24, 2.45) is 0 Å². The molecule has 0 aromatic heterocycles. The molecule has 2 N–H and O–H groups in total. The molecule has 1 fully saturated rings. The van der Waals surface area contributed by atoms with E-state index in [1.807, 2.05) is 0 Å². The Balaban J connectivity index is 1.87. The van der Waals surface area contributed by atoms with E-state index in [1.165, 1.54) is 13.3 Å². The van der Waals surface area contributed by atoms with Gasteiger partial charge in [-0.1, -0.05) is 19.3 Å². The number of anilines is 1. The van der Waals surface area contributed by atoms with Crippen molar-refractivity contribution < 1.29 is 14.6 Å². The van der Waals surface area contributed by atoms with Crippen LogP contribution in [0.25, 0.3) is 0 Å². The fourth-order valence-corrected chi connectivity index (χ4v) is 2.41. The summed E-state index contributed by atoms with van der Waals surface area (Å²) < 4.78 is 5.65. The maximum atomic E-state index is 10.9. The zero-order chi connectivity index (χ0) is 13.7. The molecule has 0 heterocycles. The van der Waals surface area contributed by atoms with Crippen molar-refractivity contribution >= 4 is 11.6 Å². The van der Waals surface area contributed by atoms with Crippen LogP contribution in [0.3, 0.4) is 0 Å². The molecule has 19 heavy (non-hydrogen) atoms. The molecule has 1 aliphatic rings. The highest BCUT2D eigenvalue weighted by Gasteiger charge is 2.29. The van der Waals surface area contributed by atoms with Gasteiger partial charge in [0.15, 0.2) is 0 Å². The van der Waals surface area contributed by atoms with E-state index < -0.39 is 5.60 Å². The first-order valence-electron chi connectivity index (χ1n) is 6.80. The number of aliphatic hydroxyl groups is 1. The largest absolute Gasteiger partial charge is 0.491 e. The van der Waals surface area contributed by atoms with Crippen molar-refractivity contribution in [1.29, 1.82) is 0 Å². The summed E-state index contributed by atoms with van der Waals surface area (Å²) in [6.07, 6.45) is 4.98. The fraction of sp³-hybridized carbons (Fsp3) is 0.533. The van der Waals surface area contributed by atoms with Gasteiger partial charge in [0.1, 0.15) is 12.4 Å². The Bertz CT molecular complexity index is 422. The van der Waals surface area contributed by atoms with E-state index in [9.17, 15) is 9.90 Å². The maximum absolute atomic E-state index is 10.9. The van der Waals surface area contributed by atoms with Crippen molar-refractivity contribution in [3.63, 3.8) is 0 Å². The monoisotopic (exact) mass is 263 g/mol. The van der Waals surface area contributed by atoms with E-state index in [0.29, 0.717) is 12.4 Å². The summed E-state index contributed by atoms with van der Waals surface area (Å²) in [5.41, 5.74) is 0.0744. The Hall–Kier alpha value is -1.55. The van der Waals surface area contributed by atoms with Gasteiger partial charge in [0.25, 0.3) is 0 Å². The molecule has 0 spiro atoms. The third kappa shape index (κ3) is 4.24. The Morgan fingerprint density at radius 3 is 2.47 bits per heavy atom. The van der Waals surface area contributed by atoms with E-state index in [-0.39, 0.29) is 5.91 Å². The van der Waals surface area contributed by atoms with Gasteiger partial charge < -0.3 is 15.2 Å². The molecule has 1 aliphatic carbocycles. The smallest absolute Gasteiger partial charge is 0.221 e. The fourth-order valence-electron chi connectivity index (χ4n) is 2.41. The zero-order valence-electron chi connectivity index (χ0n) is 11.3. The molecular weight excluding hydrogens is 242 g/mol. The first-order chi connectivity index (χ1) is 9.07. The highest BCUT2D eigenvalue weighted by Crippen LogP contribution is 2.29. The van der Waals surface area contributed by atoms with Crippen LogP contribution in [0, 0.1) is 0 Å². The van der Waals surface area contributed by atoms with Gasteiger partial charge >= 0.3 is 0 Å². The van der Waals surface area contributed by atoms with Crippen LogP contribution >= 0.6 is 0 Å². The van der Waals surface area contributed by atoms with Crippen LogP contribution in [-0.2, 0) is 4.79 Å². The van der Waals surface area contributed by atoms with Gasteiger partial charge in [-0.05, 0) is 37.1 Å². The van der Waals surface area contributed by atoms with Crippen LogP contribution in [0.2, 0.25) is 0 Å². The summed E-state index contributed by atoms with van der Waals surface area (Å²) in [5.74, 6) is 0.623. The average Bonchev–Trinajstić information content (AvgIpc) is 2.38. The Kier molecular flexibility index (Phi) is 4.43. The second kappa shape index (κ2) is 6.06. The number of benzene rings is 1. The number of carbonyl (C=O) groups excluding carboxylic acids is 1. The first kappa shape index (κ1) is 13.9. The highest BCUT2D eigenvalue weighted by atomic mass is 16.5. The predicted octanol–water partition coefficient (Wildman–Crippen LogP) is 2.72. The summed E-state index contributed by atoms with van der Waals surface area (Å²) in [6.45, 7) is 1.81. The van der Waals surface area contributed by atoms with Crippen molar-refractivity contribution in [2.75, 3.05) is 11.9 Å². The number of rotatable bonds is 4. The summed E-state index contributed by atoms with van der Waals surface area (Å²) in [5, 5.41) is 13.0. The lowest BCUT2D eigenvalue weighted by molar-refractivity contribution is -0.114. The maximum Gasteiger partial charge on any atom is 0.221 e. The summed E-state index contributed by atoms with van der Waals surface area (Å²) in [4.78, 5) is 10.9. The Morgan fingerprint density at radius 1 is 1.26 bits per heavy atom. The van der Waals surface area contributed by atoms with Crippen LogP contribution in [0.15, 0.2) is 24.3 Å². The lowest BCUT2D eigenvalue weighted by atomic mass is 9.85. The summed E-state index contributed by atoms with van der Waals surface area (Å²) >= 11 is 0. The van der Waals surface area contributed by atoms with Gasteiger partial charge in [-0.2, -0.15) is 0 Å². The van der Waals surface area contributed by atoms with Crippen molar-refractivity contribution in [1.82, 2.24) is 0 Å². The third-order valence-corrected chi connectivity index (χ3v) is 3.47. The van der Waals surface area contributed by atoms with Gasteiger partial charge in [0, 0.05) is 12.6 Å². The minimum atomic E-state index is -0.672. The second-order valence-corrected chi connectivity index (χ2v) is 5.28. The van der Waals surface area contributed by atoms with Gasteiger partial charge in [0.2, 0.25) is 5.91 Å². The summed E-state index contributed by atoms with van der Waals surface area (Å²) in [7, 11) is 0. The van der Waals surface area contributed by atoms with E-state index in [1.54, 1.807) is 24.3 Å². The Labute approximate surface area is 113 Å². The molecule has 1 aromatic rings. The number of hydrogen-bond acceptors (Lipinski definition) is 3. The molecule has 0 radical (unpaired) electrons. The highest BCUT2D eigenvalue weighted by molar-refractivity contribution is 5.88. The standard InChI is InChI=1S/C15H21NO3/c1-12(17)16-13-5-7-14(8-6-13)19-11-15(18)9-3-2-4-10-15/h5-8,18H,2-4,9-11H2,1H3,(H,16,17). The molecule has 0 unspecified atom stereocenters. The normalized spacial score (nSPS) is 17.8. The Morgan fingerprint density at radius 2 is 1.89 bits per heavy atom. The van der Waals surface area contributed by atoms with E-state index in [2.05, 4.69) is 5.32 Å². The molecule has 4 heteroatoms. The van der Waals surface area contributed by atoms with Crippen LogP contribution in [0.5, 0.6) is 5.75 Å². The topological polar surface area (TPSA) is 58.6 Å². The average molecular weight is 263 g/mol. The van der Waals surface area contributed by atoms with Crippen molar-refractivity contribution in [3.05, 3.63) is 24.3 Å². The number of hydrogen-bond donors (Lipinski definition) is 2. The summed E-state index contributed by atoms with van der Waals surface area (Å²) in [6, 6.07) is 7.19. The predicted molar refractivity (Wildman–Crippen MR) is 74.3 cm³/mol. The van der Waals surface area contributed by atoms with Crippen molar-refractivity contribution in [2.45, 2.75) is 44.6 Å². The van der Waals surface area contributed by atoms with Crippen molar-refractivity contribution in [3.8, 4) is 5.75 Å². The van der Waals surface area contributed by atoms with Gasteiger partial charge in [-0.25, -0.2) is 0 Å². The molecule has 2 rings (SSSR count). The minimum absolute atomic E-state index is 0.0924. The first-order valence-corrected chi connectivity index (χ1v) is 6.80. The lowest BCUT2D eigenvalue weighted by Gasteiger charge is -2.31. The van der Waals surface area contributed by atoms with Crippen LogP contribution in [0.1, 0.15) is 39.0 Å². The molecule has 0 bridgehead atoms. The molecule has 104 valence electrons. The molecule has 0 atom stereocenters. The molecular formula is C15H21NO3. The van der Waals surface area contributed by atoms with Crippen LogP contribution < -0.4 is 10.1 Å². The molecule has 0 saturated heterocycles. The number of amides is 1. The minimum Gasteiger partial charge on any atom is -0.491 e. The third-order valence-electron chi connectivity index (χ3n) is 3.47. The van der Waals surface area contributed by atoms with Gasteiger partial charge in [-0.15, -0.1) is 0 Å². The quantitative estimate of drug-likeness (QED) is 0.878. The second-order valence-electron chi connectivity index (χ2n) is 5.28. The lowest BCUT2D eigenvalue weighted by Crippen LogP contribution is -2.37. The van der Waals surface area contributed by atoms with Gasteiger partial charge in [-0.3, -0.25) is 4.79 Å². The molecule has 1 saturated carbocycles. The SMILES string of the molecule is CC(=O)Nc1ccc(OCC2(O)CCCCC2)cc1. The molecule has 1 amide bonds. The number of ether oxygens (including phenoxy) is 1. The van der Waals surface area contributed by atoms with Crippen LogP contribution in [-0.4, -0.2) is 23.2 Å². The molecule has 4 nitrogen and oxygen atoms in total. The van der Waals surface area contributed by atoms with Gasteiger partial charge in [0.05, 0.1) is 5.60 Å². The van der Waals surface area contributed by atoms with Crippen LogP contribution in [0.4, 0.5) is 5.69 Å².